The fourth-order valence-electron chi connectivity index (χ4n) is 1.19. The molecule has 0 radical (unpaired) electrons. The highest BCUT2D eigenvalue weighted by atomic mass is 32.2. The van der Waals surface area contributed by atoms with Crippen LogP contribution in [-0.4, -0.2) is 31.8 Å². The van der Waals surface area contributed by atoms with Crippen LogP contribution in [-0.2, 0) is 19.6 Å². The van der Waals surface area contributed by atoms with E-state index in [0.29, 0.717) is 0 Å². The van der Waals surface area contributed by atoms with Gasteiger partial charge >= 0.3 is 5.97 Å². The number of ketones is 1. The standard InChI is InChI=1S/C10H13NO5S2/c12-8(3-1-4-9(13)14)7-11-18(15,16)10-5-2-6-17-10/h2,5-6,11H,1,3-4,7H2,(H,13,14). The second kappa shape index (κ2) is 6.62. The summed E-state index contributed by atoms with van der Waals surface area (Å²) in [5.74, 6) is -1.29. The van der Waals surface area contributed by atoms with E-state index in [1.54, 1.807) is 11.4 Å². The second-order valence-corrected chi connectivity index (χ2v) is 6.48. The summed E-state index contributed by atoms with van der Waals surface area (Å²) >= 11 is 1.06. The van der Waals surface area contributed by atoms with Gasteiger partial charge in [-0.2, -0.15) is 0 Å². The van der Waals surface area contributed by atoms with Crippen LogP contribution in [0.25, 0.3) is 0 Å². The lowest BCUT2D eigenvalue weighted by Gasteiger charge is -2.03. The van der Waals surface area contributed by atoms with Gasteiger partial charge in [0.1, 0.15) is 9.99 Å². The van der Waals surface area contributed by atoms with Crippen molar-refractivity contribution < 1.29 is 23.1 Å². The summed E-state index contributed by atoms with van der Waals surface area (Å²) in [5.41, 5.74) is 0. The number of carbonyl (C=O) groups is 2. The number of sulfonamides is 1. The van der Waals surface area contributed by atoms with Gasteiger partial charge in [0, 0.05) is 12.8 Å². The van der Waals surface area contributed by atoms with Gasteiger partial charge < -0.3 is 5.11 Å². The molecule has 1 heterocycles. The van der Waals surface area contributed by atoms with Crippen LogP contribution in [0.5, 0.6) is 0 Å². The molecule has 0 fully saturated rings. The zero-order valence-electron chi connectivity index (χ0n) is 9.46. The topological polar surface area (TPSA) is 101 Å². The minimum Gasteiger partial charge on any atom is -0.481 e. The molecule has 1 aromatic heterocycles. The molecule has 1 rings (SSSR count). The molecule has 0 saturated heterocycles. The summed E-state index contributed by atoms with van der Waals surface area (Å²) in [6.07, 6.45) is 0.178. The normalized spacial score (nSPS) is 11.3. The monoisotopic (exact) mass is 291 g/mol. The molecule has 0 aliphatic carbocycles. The molecule has 6 nitrogen and oxygen atoms in total. The minimum atomic E-state index is -3.62. The first-order valence-corrected chi connectivity index (χ1v) is 7.55. The third-order valence-corrected chi connectivity index (χ3v) is 4.86. The van der Waals surface area contributed by atoms with Crippen LogP contribution in [0.2, 0.25) is 0 Å². The first-order chi connectivity index (χ1) is 8.42. The van der Waals surface area contributed by atoms with Crippen LogP contribution in [0, 0.1) is 0 Å². The predicted octanol–water partition coefficient (Wildman–Crippen LogP) is 0.850. The third-order valence-electron chi connectivity index (χ3n) is 2.07. The fraction of sp³-hybridized carbons (Fsp3) is 0.400. The highest BCUT2D eigenvalue weighted by Gasteiger charge is 2.16. The Morgan fingerprint density at radius 3 is 2.61 bits per heavy atom. The Bertz CT molecular complexity index is 506. The van der Waals surface area contributed by atoms with Gasteiger partial charge in [-0.05, 0) is 17.9 Å². The molecule has 18 heavy (non-hydrogen) atoms. The summed E-state index contributed by atoms with van der Waals surface area (Å²) in [6.45, 7) is -0.306. The van der Waals surface area contributed by atoms with Crippen LogP contribution in [0.4, 0.5) is 0 Å². The van der Waals surface area contributed by atoms with Crippen LogP contribution in [0.15, 0.2) is 21.7 Å². The van der Waals surface area contributed by atoms with E-state index in [9.17, 15) is 18.0 Å². The highest BCUT2D eigenvalue weighted by Crippen LogP contribution is 2.14. The molecule has 0 aliphatic heterocycles. The van der Waals surface area contributed by atoms with E-state index in [1.165, 1.54) is 6.07 Å². The maximum absolute atomic E-state index is 11.6. The van der Waals surface area contributed by atoms with E-state index >= 15 is 0 Å². The number of nitrogens with one attached hydrogen (secondary N) is 1. The number of hydrogen-bond acceptors (Lipinski definition) is 5. The van der Waals surface area contributed by atoms with Crippen LogP contribution >= 0.6 is 11.3 Å². The zero-order chi connectivity index (χ0) is 13.6. The number of carboxylic acids is 1. The molecule has 0 aliphatic rings. The Balaban J connectivity index is 2.37. The van der Waals surface area contributed by atoms with E-state index in [0.717, 1.165) is 11.3 Å². The first kappa shape index (κ1) is 14.8. The van der Waals surface area contributed by atoms with E-state index in [-0.39, 0.29) is 35.8 Å². The average molecular weight is 291 g/mol. The Morgan fingerprint density at radius 2 is 2.06 bits per heavy atom. The molecule has 0 unspecified atom stereocenters. The Morgan fingerprint density at radius 1 is 1.33 bits per heavy atom. The average Bonchev–Trinajstić information content (AvgIpc) is 2.80. The van der Waals surface area contributed by atoms with Crippen LogP contribution in [0.1, 0.15) is 19.3 Å². The zero-order valence-corrected chi connectivity index (χ0v) is 11.1. The van der Waals surface area contributed by atoms with Crippen molar-refractivity contribution in [1.29, 1.82) is 0 Å². The predicted molar refractivity (Wildman–Crippen MR) is 66.0 cm³/mol. The van der Waals surface area contributed by atoms with Gasteiger partial charge in [0.25, 0.3) is 0 Å². The summed E-state index contributed by atoms with van der Waals surface area (Å²) in [7, 11) is -3.62. The Hall–Kier alpha value is -1.25. The first-order valence-electron chi connectivity index (χ1n) is 5.18. The van der Waals surface area contributed by atoms with Gasteiger partial charge in [0.05, 0.1) is 6.54 Å². The molecule has 8 heteroatoms. The van der Waals surface area contributed by atoms with Gasteiger partial charge in [-0.3, -0.25) is 9.59 Å². The van der Waals surface area contributed by atoms with E-state index in [1.807, 2.05) is 0 Å². The molecular weight excluding hydrogens is 278 g/mol. The van der Waals surface area contributed by atoms with E-state index < -0.39 is 16.0 Å². The van der Waals surface area contributed by atoms with E-state index in [2.05, 4.69) is 4.72 Å². The Kier molecular flexibility index (Phi) is 5.45. The van der Waals surface area contributed by atoms with Gasteiger partial charge in [-0.1, -0.05) is 6.07 Å². The summed E-state index contributed by atoms with van der Waals surface area (Å²) in [6, 6.07) is 3.05. The third kappa shape index (κ3) is 4.94. The molecule has 1 aromatic rings. The SMILES string of the molecule is O=C(O)CCCC(=O)CNS(=O)(=O)c1cccs1. The molecule has 0 amide bonds. The number of thiophene rings is 1. The summed E-state index contributed by atoms with van der Waals surface area (Å²) in [4.78, 5) is 21.6. The number of hydrogen-bond donors (Lipinski definition) is 2. The lowest BCUT2D eigenvalue weighted by molar-refractivity contribution is -0.137. The minimum absolute atomic E-state index is 0.0548. The van der Waals surface area contributed by atoms with E-state index in [4.69, 9.17) is 5.11 Å². The van der Waals surface area contributed by atoms with Gasteiger partial charge in [-0.25, -0.2) is 13.1 Å². The van der Waals surface area contributed by atoms with Crippen LogP contribution < -0.4 is 4.72 Å². The molecule has 2 N–H and O–H groups in total. The fourth-order valence-corrected chi connectivity index (χ4v) is 3.24. The number of rotatable bonds is 8. The largest absolute Gasteiger partial charge is 0.481 e. The smallest absolute Gasteiger partial charge is 0.303 e. The van der Waals surface area contributed by atoms with Crippen molar-refractivity contribution in [3.63, 3.8) is 0 Å². The summed E-state index contributed by atoms with van der Waals surface area (Å²) in [5, 5.41) is 10.0. The molecule has 0 bridgehead atoms. The van der Waals surface area contributed by atoms with Gasteiger partial charge in [0.2, 0.25) is 10.0 Å². The second-order valence-electron chi connectivity index (χ2n) is 3.54. The number of carboxylic acid groups (broad SMARTS) is 1. The molecule has 0 saturated carbocycles. The van der Waals surface area contributed by atoms with Crippen molar-refractivity contribution >= 4 is 33.1 Å². The lowest BCUT2D eigenvalue weighted by atomic mass is 10.2. The van der Waals surface area contributed by atoms with Crippen molar-refractivity contribution in [2.24, 2.45) is 0 Å². The lowest BCUT2D eigenvalue weighted by Crippen LogP contribution is -2.29. The highest BCUT2D eigenvalue weighted by molar-refractivity contribution is 7.91. The Labute approximate surface area is 109 Å². The van der Waals surface area contributed by atoms with Crippen molar-refractivity contribution in [3.05, 3.63) is 17.5 Å². The van der Waals surface area contributed by atoms with Crippen molar-refractivity contribution in [2.75, 3.05) is 6.54 Å². The molecule has 0 aromatic carbocycles. The van der Waals surface area contributed by atoms with Crippen molar-refractivity contribution in [1.82, 2.24) is 4.72 Å². The maximum Gasteiger partial charge on any atom is 0.303 e. The van der Waals surface area contributed by atoms with Gasteiger partial charge in [-0.15, -0.1) is 11.3 Å². The molecule has 0 atom stereocenters. The number of carbonyl (C=O) groups excluding carboxylic acids is 1. The van der Waals surface area contributed by atoms with Crippen molar-refractivity contribution in [3.8, 4) is 0 Å². The quantitative estimate of drug-likeness (QED) is 0.739. The molecular formula is C10H13NO5S2. The van der Waals surface area contributed by atoms with Crippen molar-refractivity contribution in [2.45, 2.75) is 23.5 Å². The number of aliphatic carboxylic acids is 1. The molecule has 100 valence electrons. The van der Waals surface area contributed by atoms with Gasteiger partial charge in [0.15, 0.2) is 0 Å². The van der Waals surface area contributed by atoms with Crippen LogP contribution in [0.3, 0.4) is 0 Å². The number of Topliss-reactive ketones (excluding diaryl/α,β-unsaturated/α-hetero) is 1. The molecule has 0 spiro atoms. The summed E-state index contributed by atoms with van der Waals surface area (Å²) < 4.78 is 25.6. The maximum atomic E-state index is 11.6.